The number of imidazole rings is 1. The number of aromatic nitrogens is 5. The fourth-order valence-electron chi connectivity index (χ4n) is 9.93. The van der Waals surface area contributed by atoms with Crippen LogP contribution in [0.5, 0.6) is 0 Å². The van der Waals surface area contributed by atoms with Gasteiger partial charge in [-0.05, 0) is 96.1 Å². The first-order valence-electron chi connectivity index (χ1n) is 20.5. The highest BCUT2D eigenvalue weighted by molar-refractivity contribution is 6.22. The van der Waals surface area contributed by atoms with E-state index in [1.807, 2.05) is 0 Å². The maximum absolute atomic E-state index is 5.34. The molecule has 13 rings (SSSR count). The molecule has 0 unspecified atom stereocenters. The summed E-state index contributed by atoms with van der Waals surface area (Å²) < 4.78 is 9.47. The third kappa shape index (κ3) is 4.60. The molecular formula is C55H35N5. The Labute approximate surface area is 344 Å². The predicted molar refractivity (Wildman–Crippen MR) is 250 cm³/mol. The van der Waals surface area contributed by atoms with Crippen LogP contribution in [0.2, 0.25) is 0 Å². The Bertz CT molecular complexity index is 3820. The van der Waals surface area contributed by atoms with Crippen LogP contribution < -0.4 is 0 Å². The van der Waals surface area contributed by atoms with E-state index in [0.717, 1.165) is 45.1 Å². The number of hydrogen-bond acceptors (Lipinski definition) is 1. The van der Waals surface area contributed by atoms with Crippen molar-refractivity contribution in [2.75, 3.05) is 0 Å². The number of nitrogens with zero attached hydrogens (tertiary/aromatic N) is 5. The summed E-state index contributed by atoms with van der Waals surface area (Å²) in [6, 6.07) is 76.6. The Hall–Kier alpha value is -8.15. The fourth-order valence-corrected chi connectivity index (χ4v) is 9.93. The lowest BCUT2D eigenvalue weighted by molar-refractivity contribution is 0.956. The molecular weight excluding hydrogens is 731 g/mol. The molecule has 0 aliphatic rings. The van der Waals surface area contributed by atoms with E-state index in [9.17, 15) is 0 Å². The van der Waals surface area contributed by atoms with Gasteiger partial charge >= 0.3 is 0 Å². The molecule has 4 aromatic heterocycles. The zero-order valence-electron chi connectivity index (χ0n) is 32.4. The zero-order valence-corrected chi connectivity index (χ0v) is 32.4. The molecule has 0 bridgehead atoms. The van der Waals surface area contributed by atoms with Gasteiger partial charge in [-0.3, -0.25) is 9.13 Å². The molecule has 0 saturated carbocycles. The van der Waals surface area contributed by atoms with Crippen LogP contribution in [0.1, 0.15) is 0 Å². The van der Waals surface area contributed by atoms with Crippen molar-refractivity contribution in [1.29, 1.82) is 0 Å². The summed E-state index contributed by atoms with van der Waals surface area (Å²) in [5.41, 5.74) is 14.8. The molecule has 60 heavy (non-hydrogen) atoms. The minimum Gasteiger partial charge on any atom is -0.309 e. The van der Waals surface area contributed by atoms with E-state index in [-0.39, 0.29) is 0 Å². The van der Waals surface area contributed by atoms with Gasteiger partial charge in [0.15, 0.2) is 0 Å². The van der Waals surface area contributed by atoms with E-state index in [1.54, 1.807) is 0 Å². The van der Waals surface area contributed by atoms with E-state index >= 15 is 0 Å². The average Bonchev–Trinajstić information content (AvgIpc) is 4.06. The minimum atomic E-state index is 0.865. The molecule has 5 nitrogen and oxygen atoms in total. The van der Waals surface area contributed by atoms with Crippen molar-refractivity contribution < 1.29 is 0 Å². The summed E-state index contributed by atoms with van der Waals surface area (Å²) in [6.45, 7) is 0. The van der Waals surface area contributed by atoms with Crippen LogP contribution in [0, 0.1) is 0 Å². The number of para-hydroxylation sites is 7. The maximum atomic E-state index is 5.34. The van der Waals surface area contributed by atoms with Gasteiger partial charge in [0.1, 0.15) is 0 Å². The van der Waals surface area contributed by atoms with Crippen molar-refractivity contribution >= 4 is 76.5 Å². The molecule has 5 heteroatoms. The third-order valence-electron chi connectivity index (χ3n) is 12.4. The van der Waals surface area contributed by atoms with Crippen LogP contribution in [-0.2, 0) is 0 Å². The SMILES string of the molecule is c1ccc(-n2c(-n3c4ccccc4c4c(-c5cccc6c5c5ccccc5n6-c5ccc6c(c5)c5ccccc5n6-c5ccccc5)cccc43)nc3ccccc32)cc1. The lowest BCUT2D eigenvalue weighted by Crippen LogP contribution is -2.05. The topological polar surface area (TPSA) is 32.6 Å². The van der Waals surface area contributed by atoms with Crippen LogP contribution in [0.4, 0.5) is 0 Å². The summed E-state index contributed by atoms with van der Waals surface area (Å²) in [5, 5.41) is 7.33. The Morgan fingerprint density at radius 3 is 1.37 bits per heavy atom. The summed E-state index contributed by atoms with van der Waals surface area (Å²) >= 11 is 0. The van der Waals surface area contributed by atoms with Crippen LogP contribution >= 0.6 is 0 Å². The number of benzene rings is 9. The normalized spacial score (nSPS) is 12.0. The first-order valence-corrected chi connectivity index (χ1v) is 20.5. The fraction of sp³-hybridized carbons (Fsp3) is 0. The summed E-state index contributed by atoms with van der Waals surface area (Å²) in [4.78, 5) is 5.34. The first kappa shape index (κ1) is 32.9. The predicted octanol–water partition coefficient (Wildman–Crippen LogP) is 14.0. The Morgan fingerprint density at radius 1 is 0.267 bits per heavy atom. The lowest BCUT2D eigenvalue weighted by atomic mass is 9.95. The maximum Gasteiger partial charge on any atom is 0.220 e. The third-order valence-corrected chi connectivity index (χ3v) is 12.4. The number of fused-ring (bicyclic) bond motifs is 10. The molecule has 0 amide bonds. The standard InChI is InChI=1S/C55H35N5/c1-3-17-36(18-4-1)57-46-27-11-7-21-39(46)44-35-38(33-34-49(44)57)58-47-28-12-8-22-42(47)53-40(24-15-31-51(53)58)41-25-16-32-52-54(41)43-23-9-13-29-48(43)60(52)55-56-45-26-10-14-30-50(45)59(55)37-19-5-2-6-20-37/h1-35H. The van der Waals surface area contributed by atoms with Gasteiger partial charge in [-0.25, -0.2) is 4.98 Å². The molecule has 0 spiro atoms. The summed E-state index contributed by atoms with van der Waals surface area (Å²) in [7, 11) is 0. The zero-order chi connectivity index (χ0) is 39.3. The molecule has 0 atom stereocenters. The minimum absolute atomic E-state index is 0.865. The largest absolute Gasteiger partial charge is 0.309 e. The monoisotopic (exact) mass is 765 g/mol. The van der Waals surface area contributed by atoms with Crippen molar-refractivity contribution in [3.05, 3.63) is 212 Å². The number of hydrogen-bond donors (Lipinski definition) is 0. The second-order valence-electron chi connectivity index (χ2n) is 15.6. The van der Waals surface area contributed by atoms with E-state index in [2.05, 4.69) is 231 Å². The van der Waals surface area contributed by atoms with Crippen LogP contribution in [0.3, 0.4) is 0 Å². The van der Waals surface area contributed by atoms with E-state index < -0.39 is 0 Å². The van der Waals surface area contributed by atoms with Gasteiger partial charge in [0.2, 0.25) is 5.95 Å². The van der Waals surface area contributed by atoms with Gasteiger partial charge in [-0.1, -0.05) is 127 Å². The Kier molecular flexibility index (Phi) is 6.95. The molecule has 4 heterocycles. The average molecular weight is 766 g/mol. The molecule has 280 valence electrons. The van der Waals surface area contributed by atoms with Crippen molar-refractivity contribution in [3.63, 3.8) is 0 Å². The van der Waals surface area contributed by atoms with Crippen LogP contribution in [-0.4, -0.2) is 23.3 Å². The van der Waals surface area contributed by atoms with Gasteiger partial charge in [0, 0.05) is 49.4 Å². The van der Waals surface area contributed by atoms with Gasteiger partial charge in [0.05, 0.1) is 44.1 Å². The quantitative estimate of drug-likeness (QED) is 0.172. The number of rotatable bonds is 5. The molecule has 0 saturated heterocycles. The Balaban J connectivity index is 1.08. The second-order valence-corrected chi connectivity index (χ2v) is 15.6. The van der Waals surface area contributed by atoms with Gasteiger partial charge in [-0.15, -0.1) is 0 Å². The molecule has 13 aromatic rings. The summed E-state index contributed by atoms with van der Waals surface area (Å²) in [6.07, 6.45) is 0. The van der Waals surface area contributed by atoms with Crippen molar-refractivity contribution in [1.82, 2.24) is 23.3 Å². The van der Waals surface area contributed by atoms with Crippen molar-refractivity contribution in [2.24, 2.45) is 0 Å². The van der Waals surface area contributed by atoms with E-state index in [1.165, 1.54) is 65.5 Å². The smallest absolute Gasteiger partial charge is 0.220 e. The van der Waals surface area contributed by atoms with Gasteiger partial charge < -0.3 is 9.13 Å². The molecule has 0 N–H and O–H groups in total. The van der Waals surface area contributed by atoms with Crippen molar-refractivity contribution in [3.8, 4) is 34.1 Å². The van der Waals surface area contributed by atoms with Gasteiger partial charge in [-0.2, -0.15) is 0 Å². The van der Waals surface area contributed by atoms with E-state index in [0.29, 0.717) is 0 Å². The highest BCUT2D eigenvalue weighted by Crippen LogP contribution is 2.45. The van der Waals surface area contributed by atoms with Gasteiger partial charge in [0.25, 0.3) is 0 Å². The van der Waals surface area contributed by atoms with Crippen molar-refractivity contribution in [2.45, 2.75) is 0 Å². The lowest BCUT2D eigenvalue weighted by Gasteiger charge is -2.13. The van der Waals surface area contributed by atoms with Crippen LogP contribution in [0.25, 0.3) is 111 Å². The van der Waals surface area contributed by atoms with Crippen LogP contribution in [0.15, 0.2) is 212 Å². The molecule has 9 aromatic carbocycles. The Morgan fingerprint density at radius 2 is 0.717 bits per heavy atom. The highest BCUT2D eigenvalue weighted by atomic mass is 15.2. The molecule has 0 aliphatic carbocycles. The molecule has 0 radical (unpaired) electrons. The molecule has 0 aliphatic heterocycles. The molecule has 0 fully saturated rings. The van der Waals surface area contributed by atoms with E-state index in [4.69, 9.17) is 4.98 Å². The first-order chi connectivity index (χ1) is 29.8. The highest BCUT2D eigenvalue weighted by Gasteiger charge is 2.24. The second kappa shape index (κ2) is 12.7. The summed E-state index contributed by atoms with van der Waals surface area (Å²) in [5.74, 6) is 0.865.